The lowest BCUT2D eigenvalue weighted by Crippen LogP contribution is -2.20. The van der Waals surface area contributed by atoms with Gasteiger partial charge in [0, 0.05) is 18.8 Å². The monoisotopic (exact) mass is 155 g/mol. The van der Waals surface area contributed by atoms with Crippen LogP contribution in [0.5, 0.6) is 0 Å². The van der Waals surface area contributed by atoms with Crippen LogP contribution in [0, 0.1) is 5.95 Å². The molecule has 0 bridgehead atoms. The number of aromatic nitrogens is 1. The first-order chi connectivity index (χ1) is 5.24. The van der Waals surface area contributed by atoms with Crippen LogP contribution in [0.3, 0.4) is 0 Å². The standard InChI is InChI=1S/C7H10FN3/c8-7-2-1-5(4-11-7)6(10)3-9/h1-2,4,6H,3,9-10H2/t6-/m1/s1. The molecule has 4 heteroatoms. The number of nitrogens with zero attached hydrogens (tertiary/aromatic N) is 1. The van der Waals surface area contributed by atoms with E-state index in [1.165, 1.54) is 12.3 Å². The van der Waals surface area contributed by atoms with Crippen molar-refractivity contribution in [3.8, 4) is 0 Å². The van der Waals surface area contributed by atoms with Crippen LogP contribution in [0.4, 0.5) is 4.39 Å². The summed E-state index contributed by atoms with van der Waals surface area (Å²) in [6, 6.07) is 2.60. The highest BCUT2D eigenvalue weighted by Gasteiger charge is 2.02. The number of rotatable bonds is 2. The zero-order valence-electron chi connectivity index (χ0n) is 6.00. The van der Waals surface area contributed by atoms with Crippen molar-refractivity contribution in [2.45, 2.75) is 6.04 Å². The van der Waals surface area contributed by atoms with E-state index in [2.05, 4.69) is 4.98 Å². The van der Waals surface area contributed by atoms with E-state index in [-0.39, 0.29) is 6.04 Å². The van der Waals surface area contributed by atoms with Crippen molar-refractivity contribution in [3.63, 3.8) is 0 Å². The van der Waals surface area contributed by atoms with Gasteiger partial charge in [-0.1, -0.05) is 6.07 Å². The third-order valence-electron chi connectivity index (χ3n) is 1.43. The van der Waals surface area contributed by atoms with Gasteiger partial charge in [0.25, 0.3) is 0 Å². The fourth-order valence-corrected chi connectivity index (χ4v) is 0.743. The van der Waals surface area contributed by atoms with Crippen molar-refractivity contribution in [1.29, 1.82) is 0 Å². The van der Waals surface area contributed by atoms with Gasteiger partial charge in [-0.05, 0) is 11.6 Å². The predicted octanol–water partition coefficient (Wildman–Crippen LogP) is 0.179. The van der Waals surface area contributed by atoms with Crippen LogP contribution in [0.2, 0.25) is 0 Å². The average molecular weight is 155 g/mol. The lowest BCUT2D eigenvalue weighted by Gasteiger charge is -2.06. The minimum Gasteiger partial charge on any atom is -0.329 e. The molecule has 60 valence electrons. The van der Waals surface area contributed by atoms with Gasteiger partial charge in [-0.25, -0.2) is 4.98 Å². The number of pyridine rings is 1. The quantitative estimate of drug-likeness (QED) is 0.599. The summed E-state index contributed by atoms with van der Waals surface area (Å²) in [5, 5.41) is 0. The Morgan fingerprint density at radius 3 is 2.73 bits per heavy atom. The zero-order valence-corrected chi connectivity index (χ0v) is 6.00. The molecule has 1 atom stereocenters. The minimum absolute atomic E-state index is 0.247. The molecule has 0 radical (unpaired) electrons. The summed E-state index contributed by atoms with van der Waals surface area (Å²) < 4.78 is 12.3. The average Bonchev–Trinajstić information content (AvgIpc) is 2.05. The van der Waals surface area contributed by atoms with Gasteiger partial charge in [0.05, 0.1) is 0 Å². The fourth-order valence-electron chi connectivity index (χ4n) is 0.743. The molecule has 0 aliphatic carbocycles. The van der Waals surface area contributed by atoms with E-state index in [9.17, 15) is 4.39 Å². The Labute approximate surface area is 64.2 Å². The molecule has 4 N–H and O–H groups in total. The van der Waals surface area contributed by atoms with E-state index in [1.54, 1.807) is 6.07 Å². The number of hydrogen-bond acceptors (Lipinski definition) is 3. The van der Waals surface area contributed by atoms with Gasteiger partial charge in [0.15, 0.2) is 0 Å². The van der Waals surface area contributed by atoms with Crippen molar-refractivity contribution in [1.82, 2.24) is 4.98 Å². The predicted molar refractivity (Wildman–Crippen MR) is 40.2 cm³/mol. The molecule has 0 saturated heterocycles. The largest absolute Gasteiger partial charge is 0.329 e. The summed E-state index contributed by atoms with van der Waals surface area (Å²) in [6.45, 7) is 0.341. The normalized spacial score (nSPS) is 13.0. The Hall–Kier alpha value is -1.00. The lowest BCUT2D eigenvalue weighted by atomic mass is 10.1. The summed E-state index contributed by atoms with van der Waals surface area (Å²) >= 11 is 0. The summed E-state index contributed by atoms with van der Waals surface area (Å²) in [4.78, 5) is 3.45. The van der Waals surface area contributed by atoms with Gasteiger partial charge in [0.1, 0.15) is 0 Å². The van der Waals surface area contributed by atoms with E-state index < -0.39 is 5.95 Å². The summed E-state index contributed by atoms with van der Waals surface area (Å²) in [5.74, 6) is -0.502. The van der Waals surface area contributed by atoms with Crippen molar-refractivity contribution < 1.29 is 4.39 Å². The highest BCUT2D eigenvalue weighted by molar-refractivity contribution is 5.13. The van der Waals surface area contributed by atoms with E-state index in [0.29, 0.717) is 6.54 Å². The Bertz CT molecular complexity index is 222. The third-order valence-corrected chi connectivity index (χ3v) is 1.43. The molecule has 1 aromatic rings. The summed E-state index contributed by atoms with van der Waals surface area (Å²) in [6.07, 6.45) is 1.40. The van der Waals surface area contributed by atoms with Crippen LogP contribution < -0.4 is 11.5 Å². The van der Waals surface area contributed by atoms with Crippen molar-refractivity contribution in [3.05, 3.63) is 29.8 Å². The number of halogens is 1. The second-order valence-corrected chi connectivity index (χ2v) is 2.26. The van der Waals surface area contributed by atoms with Crippen molar-refractivity contribution in [2.24, 2.45) is 11.5 Å². The SMILES string of the molecule is NC[C@@H](N)c1ccc(F)nc1. The topological polar surface area (TPSA) is 64.9 Å². The molecule has 1 rings (SSSR count). The number of nitrogens with two attached hydrogens (primary N) is 2. The molecule has 0 aliphatic rings. The smallest absolute Gasteiger partial charge is 0.212 e. The Morgan fingerprint density at radius 1 is 1.55 bits per heavy atom. The highest BCUT2D eigenvalue weighted by atomic mass is 19.1. The maximum absolute atomic E-state index is 12.3. The molecule has 1 aromatic heterocycles. The van der Waals surface area contributed by atoms with Crippen LogP contribution in [0.25, 0.3) is 0 Å². The van der Waals surface area contributed by atoms with Gasteiger partial charge in [-0.3, -0.25) is 0 Å². The molecule has 0 aliphatic heterocycles. The van der Waals surface area contributed by atoms with Crippen molar-refractivity contribution >= 4 is 0 Å². The molecule has 0 unspecified atom stereocenters. The Balaban J connectivity index is 2.81. The van der Waals surface area contributed by atoms with Crippen molar-refractivity contribution in [2.75, 3.05) is 6.54 Å². The van der Waals surface area contributed by atoms with Gasteiger partial charge in [0.2, 0.25) is 5.95 Å². The second-order valence-electron chi connectivity index (χ2n) is 2.26. The minimum atomic E-state index is -0.502. The van der Waals surface area contributed by atoms with E-state index in [1.807, 2.05) is 0 Å². The van der Waals surface area contributed by atoms with E-state index in [4.69, 9.17) is 11.5 Å². The molecule has 3 nitrogen and oxygen atoms in total. The van der Waals surface area contributed by atoms with Crippen LogP contribution in [0.15, 0.2) is 18.3 Å². The first-order valence-electron chi connectivity index (χ1n) is 3.31. The zero-order chi connectivity index (χ0) is 8.27. The molecular formula is C7H10FN3. The molecule has 11 heavy (non-hydrogen) atoms. The van der Waals surface area contributed by atoms with Crippen LogP contribution >= 0.6 is 0 Å². The van der Waals surface area contributed by atoms with E-state index >= 15 is 0 Å². The molecule has 0 saturated carbocycles. The lowest BCUT2D eigenvalue weighted by molar-refractivity contribution is 0.579. The third kappa shape index (κ3) is 1.96. The number of hydrogen-bond donors (Lipinski definition) is 2. The summed E-state index contributed by atoms with van der Waals surface area (Å²) in [7, 11) is 0. The van der Waals surface area contributed by atoms with Gasteiger partial charge < -0.3 is 11.5 Å². The maximum atomic E-state index is 12.3. The van der Waals surface area contributed by atoms with Crippen LogP contribution in [-0.4, -0.2) is 11.5 Å². The molecule has 1 heterocycles. The first kappa shape index (κ1) is 8.10. The fraction of sp³-hybridized carbons (Fsp3) is 0.286. The van der Waals surface area contributed by atoms with Gasteiger partial charge in [-0.2, -0.15) is 4.39 Å². The highest BCUT2D eigenvalue weighted by Crippen LogP contribution is 2.06. The molecule has 0 aromatic carbocycles. The molecule has 0 fully saturated rings. The van der Waals surface area contributed by atoms with Crippen LogP contribution in [0.1, 0.15) is 11.6 Å². The Morgan fingerprint density at radius 2 is 2.27 bits per heavy atom. The van der Waals surface area contributed by atoms with Crippen LogP contribution in [-0.2, 0) is 0 Å². The van der Waals surface area contributed by atoms with Gasteiger partial charge >= 0.3 is 0 Å². The molecule has 0 spiro atoms. The first-order valence-corrected chi connectivity index (χ1v) is 3.31. The molecular weight excluding hydrogens is 145 g/mol. The van der Waals surface area contributed by atoms with Gasteiger partial charge in [-0.15, -0.1) is 0 Å². The summed E-state index contributed by atoms with van der Waals surface area (Å²) in [5.41, 5.74) is 11.6. The Kier molecular flexibility index (Phi) is 2.51. The maximum Gasteiger partial charge on any atom is 0.212 e. The molecule has 0 amide bonds. The second kappa shape index (κ2) is 3.41. The van der Waals surface area contributed by atoms with E-state index in [0.717, 1.165) is 5.56 Å².